The van der Waals surface area contributed by atoms with E-state index in [0.717, 1.165) is 5.56 Å². The van der Waals surface area contributed by atoms with E-state index >= 15 is 0 Å². The van der Waals surface area contributed by atoms with Crippen LogP contribution in [-0.4, -0.2) is 20.7 Å². The van der Waals surface area contributed by atoms with Gasteiger partial charge in [-0.2, -0.15) is 5.10 Å². The van der Waals surface area contributed by atoms with Gasteiger partial charge in [0.15, 0.2) is 0 Å². The van der Waals surface area contributed by atoms with Crippen molar-refractivity contribution in [2.75, 3.05) is 11.6 Å². The number of hydrazone groups is 1. The Bertz CT molecular complexity index is 1360. The van der Waals surface area contributed by atoms with Gasteiger partial charge in [0.1, 0.15) is 4.90 Å². The van der Waals surface area contributed by atoms with E-state index < -0.39 is 10.0 Å². The Balaban J connectivity index is 1.63. The second-order valence-corrected chi connectivity index (χ2v) is 11.6. The summed E-state index contributed by atoms with van der Waals surface area (Å²) in [6, 6.07) is 14.8. The zero-order valence-corrected chi connectivity index (χ0v) is 22.4. The maximum absolute atomic E-state index is 12.9. The fourth-order valence-corrected chi connectivity index (χ4v) is 6.73. The van der Waals surface area contributed by atoms with Crippen molar-refractivity contribution in [2.24, 2.45) is 5.10 Å². The molecule has 0 radical (unpaired) electrons. The van der Waals surface area contributed by atoms with E-state index in [0.29, 0.717) is 32.9 Å². The number of benzene rings is 3. The van der Waals surface area contributed by atoms with E-state index in [4.69, 9.17) is 69.6 Å². The van der Waals surface area contributed by atoms with E-state index in [9.17, 15) is 8.42 Å². The predicted octanol–water partition coefficient (Wildman–Crippen LogP) is 7.89. The van der Waals surface area contributed by atoms with Crippen molar-refractivity contribution < 1.29 is 8.42 Å². The number of sulfonamides is 1. The SMILES string of the molecule is O=S(=O)(NCC1=NN(c2ccc(Cl)cc2Cl)C(c2ccc(Cl)cc2)C1)c1c(Cl)cc(Cl)cc1Cl. The zero-order valence-electron chi connectivity index (χ0n) is 17.1. The number of nitrogens with one attached hydrogen (secondary N) is 1. The number of anilines is 1. The molecule has 1 aliphatic heterocycles. The summed E-state index contributed by atoms with van der Waals surface area (Å²) < 4.78 is 28.4. The molecule has 0 aliphatic carbocycles. The van der Waals surface area contributed by atoms with Gasteiger partial charge in [0.25, 0.3) is 0 Å². The summed E-state index contributed by atoms with van der Waals surface area (Å²) in [7, 11) is -4.04. The van der Waals surface area contributed by atoms with Crippen LogP contribution >= 0.6 is 69.6 Å². The average molecular weight is 598 g/mol. The van der Waals surface area contributed by atoms with Crippen LogP contribution in [0.15, 0.2) is 64.6 Å². The lowest BCUT2D eigenvalue weighted by Gasteiger charge is -2.25. The second-order valence-electron chi connectivity index (χ2n) is 7.40. The van der Waals surface area contributed by atoms with E-state index in [2.05, 4.69) is 9.82 Å². The van der Waals surface area contributed by atoms with E-state index in [1.807, 2.05) is 12.1 Å². The van der Waals surface area contributed by atoms with Crippen LogP contribution in [0.1, 0.15) is 18.0 Å². The van der Waals surface area contributed by atoms with Crippen molar-refractivity contribution in [2.45, 2.75) is 17.4 Å². The Labute approximate surface area is 227 Å². The molecule has 1 N–H and O–H groups in total. The molecular weight excluding hydrogens is 583 g/mol. The Morgan fingerprint density at radius 3 is 2.03 bits per heavy atom. The van der Waals surface area contributed by atoms with Crippen molar-refractivity contribution in [3.8, 4) is 0 Å². The van der Waals surface area contributed by atoms with Crippen molar-refractivity contribution in [3.05, 3.63) is 90.3 Å². The third-order valence-electron chi connectivity index (χ3n) is 5.08. The van der Waals surface area contributed by atoms with Gasteiger partial charge in [0.2, 0.25) is 10.0 Å². The number of hydrogen-bond donors (Lipinski definition) is 1. The summed E-state index contributed by atoms with van der Waals surface area (Å²) in [6.45, 7) is -0.0661. The lowest BCUT2D eigenvalue weighted by Crippen LogP contribution is -2.29. The third-order valence-corrected chi connectivity index (χ3v) is 8.41. The average Bonchev–Trinajstić information content (AvgIpc) is 3.16. The third kappa shape index (κ3) is 5.61. The molecule has 1 unspecified atom stereocenters. The maximum atomic E-state index is 12.9. The first kappa shape index (κ1) is 25.9. The van der Waals surface area contributed by atoms with Gasteiger partial charge >= 0.3 is 0 Å². The Kier molecular flexibility index (Phi) is 7.92. The molecule has 0 aromatic heterocycles. The van der Waals surface area contributed by atoms with Crippen molar-refractivity contribution in [3.63, 3.8) is 0 Å². The second kappa shape index (κ2) is 10.4. The van der Waals surface area contributed by atoms with Gasteiger partial charge in [-0.25, -0.2) is 13.1 Å². The zero-order chi connectivity index (χ0) is 24.6. The Hall–Kier alpha value is -1.22. The Morgan fingerprint density at radius 1 is 0.824 bits per heavy atom. The van der Waals surface area contributed by atoms with Crippen molar-refractivity contribution in [1.29, 1.82) is 0 Å². The van der Waals surface area contributed by atoms with Crippen molar-refractivity contribution >= 4 is 91.0 Å². The minimum absolute atomic E-state index is 0.0661. The molecule has 178 valence electrons. The molecular formula is C22H15Cl6N3O2S. The van der Waals surface area contributed by atoms with Crippen LogP contribution < -0.4 is 9.73 Å². The number of hydrogen-bond acceptors (Lipinski definition) is 4. The lowest BCUT2D eigenvalue weighted by atomic mass is 10.0. The largest absolute Gasteiger partial charge is 0.256 e. The molecule has 0 saturated carbocycles. The van der Waals surface area contributed by atoms with Crippen molar-refractivity contribution in [1.82, 2.24) is 4.72 Å². The molecule has 0 spiro atoms. The summed E-state index contributed by atoms with van der Waals surface area (Å²) in [5.74, 6) is 0. The van der Waals surface area contributed by atoms with Gasteiger partial charge in [-0.3, -0.25) is 5.01 Å². The molecule has 3 aromatic rings. The maximum Gasteiger partial charge on any atom is 0.243 e. The molecule has 0 amide bonds. The van der Waals surface area contributed by atoms with E-state index in [1.165, 1.54) is 12.1 Å². The summed E-state index contributed by atoms with van der Waals surface area (Å²) in [5.41, 5.74) is 2.14. The number of nitrogens with zero attached hydrogens (tertiary/aromatic N) is 2. The van der Waals surface area contributed by atoms with Gasteiger partial charge in [0, 0.05) is 21.5 Å². The summed E-state index contributed by atoms with van der Waals surface area (Å²) in [6.07, 6.45) is 0.436. The summed E-state index contributed by atoms with van der Waals surface area (Å²) >= 11 is 36.7. The fraction of sp³-hybridized carbons (Fsp3) is 0.136. The first-order valence-electron chi connectivity index (χ1n) is 9.75. The van der Waals surface area contributed by atoms with Crippen LogP contribution in [0.4, 0.5) is 5.69 Å². The normalized spacial score (nSPS) is 16.1. The number of halogens is 6. The van der Waals surface area contributed by atoms with Crippen LogP contribution in [0.2, 0.25) is 30.1 Å². The summed E-state index contributed by atoms with van der Waals surface area (Å²) in [4.78, 5) is -0.245. The molecule has 5 nitrogen and oxygen atoms in total. The van der Waals surface area contributed by atoms with Crippen LogP contribution in [0.25, 0.3) is 0 Å². The standard InChI is InChI=1S/C22H15Cl6N3O2S/c23-13-3-1-12(2-4-13)21-10-16(30-31(21)20-6-5-14(24)7-17(20)26)11-29-34(32,33)22-18(27)8-15(25)9-19(22)28/h1-9,21,29H,10-11H2. The van der Waals surface area contributed by atoms with E-state index in [1.54, 1.807) is 35.3 Å². The van der Waals surface area contributed by atoms with E-state index in [-0.39, 0.29) is 32.5 Å². The highest BCUT2D eigenvalue weighted by molar-refractivity contribution is 7.89. The van der Waals surface area contributed by atoms with Crippen LogP contribution in [0.3, 0.4) is 0 Å². The minimum Gasteiger partial charge on any atom is -0.256 e. The molecule has 34 heavy (non-hydrogen) atoms. The molecule has 0 bridgehead atoms. The minimum atomic E-state index is -4.04. The number of rotatable bonds is 6. The lowest BCUT2D eigenvalue weighted by molar-refractivity contribution is 0.586. The molecule has 1 atom stereocenters. The van der Waals surface area contributed by atoms with Crippen LogP contribution in [-0.2, 0) is 10.0 Å². The van der Waals surface area contributed by atoms with Crippen LogP contribution in [0, 0.1) is 0 Å². The van der Waals surface area contributed by atoms with Gasteiger partial charge in [-0.05, 0) is 48.0 Å². The molecule has 0 saturated heterocycles. The smallest absolute Gasteiger partial charge is 0.243 e. The van der Waals surface area contributed by atoms with Gasteiger partial charge in [-0.15, -0.1) is 0 Å². The molecule has 12 heteroatoms. The Morgan fingerprint density at radius 2 is 1.41 bits per heavy atom. The topological polar surface area (TPSA) is 61.8 Å². The van der Waals surface area contributed by atoms with Gasteiger partial charge in [0.05, 0.1) is 39.1 Å². The van der Waals surface area contributed by atoms with Gasteiger partial charge < -0.3 is 0 Å². The quantitative estimate of drug-likeness (QED) is 0.314. The highest BCUT2D eigenvalue weighted by Gasteiger charge is 2.31. The predicted molar refractivity (Wildman–Crippen MR) is 142 cm³/mol. The molecule has 1 aliphatic rings. The molecule has 4 rings (SSSR count). The summed E-state index contributed by atoms with van der Waals surface area (Å²) in [5, 5.41) is 7.99. The molecule has 1 heterocycles. The highest BCUT2D eigenvalue weighted by Crippen LogP contribution is 2.40. The molecule has 3 aromatic carbocycles. The van der Waals surface area contributed by atoms with Crippen LogP contribution in [0.5, 0.6) is 0 Å². The highest BCUT2D eigenvalue weighted by atomic mass is 35.5. The molecule has 0 fully saturated rings. The fourth-order valence-electron chi connectivity index (χ4n) is 3.55. The first-order valence-corrected chi connectivity index (χ1v) is 13.5. The van der Waals surface area contributed by atoms with Gasteiger partial charge in [-0.1, -0.05) is 81.7 Å². The monoisotopic (exact) mass is 595 g/mol. The first-order chi connectivity index (χ1) is 16.0.